The van der Waals surface area contributed by atoms with Crippen LogP contribution in [-0.2, 0) is 6.42 Å². The van der Waals surface area contributed by atoms with Gasteiger partial charge < -0.3 is 10.6 Å². The van der Waals surface area contributed by atoms with Crippen LogP contribution < -0.4 is 10.6 Å². The number of nitrogens with zero attached hydrogens (tertiary/aromatic N) is 2. The molecular formula is C15H18BrClN4. The Kier molecular flexibility index (Phi) is 5.42. The second kappa shape index (κ2) is 7.09. The fourth-order valence-corrected chi connectivity index (χ4v) is 2.63. The highest BCUT2D eigenvalue weighted by Crippen LogP contribution is 2.31. The summed E-state index contributed by atoms with van der Waals surface area (Å²) in [5.41, 5.74) is 1.91. The molecule has 0 spiro atoms. The molecule has 0 radical (unpaired) electrons. The van der Waals surface area contributed by atoms with Gasteiger partial charge in [0.05, 0.1) is 5.69 Å². The van der Waals surface area contributed by atoms with Crippen molar-refractivity contribution in [1.29, 1.82) is 0 Å². The van der Waals surface area contributed by atoms with Gasteiger partial charge in [0.25, 0.3) is 0 Å². The van der Waals surface area contributed by atoms with Crippen LogP contribution in [0.1, 0.15) is 24.7 Å². The molecule has 2 aromatic rings. The van der Waals surface area contributed by atoms with Gasteiger partial charge in [-0.25, -0.2) is 9.97 Å². The maximum atomic E-state index is 6.19. The Bertz CT molecular complexity index is 646. The summed E-state index contributed by atoms with van der Waals surface area (Å²) < 4.78 is 0.950. The third-order valence-corrected chi connectivity index (χ3v) is 4.08. The molecule has 0 amide bonds. The quantitative estimate of drug-likeness (QED) is 0.784. The van der Waals surface area contributed by atoms with Crippen molar-refractivity contribution >= 4 is 44.9 Å². The molecule has 1 heterocycles. The Hall–Kier alpha value is -1.33. The van der Waals surface area contributed by atoms with Crippen molar-refractivity contribution in [3.05, 3.63) is 39.1 Å². The molecule has 0 unspecified atom stereocenters. The van der Waals surface area contributed by atoms with Crippen molar-refractivity contribution in [3.8, 4) is 0 Å². The van der Waals surface area contributed by atoms with Gasteiger partial charge in [0.2, 0.25) is 0 Å². The van der Waals surface area contributed by atoms with Crippen molar-refractivity contribution in [1.82, 2.24) is 9.97 Å². The van der Waals surface area contributed by atoms with E-state index < -0.39 is 0 Å². The van der Waals surface area contributed by atoms with Crippen LogP contribution in [0.15, 0.2) is 22.7 Å². The summed E-state index contributed by atoms with van der Waals surface area (Å²) in [4.78, 5) is 8.97. The highest BCUT2D eigenvalue weighted by Gasteiger charge is 2.08. The molecular weight excluding hydrogens is 352 g/mol. The van der Waals surface area contributed by atoms with Gasteiger partial charge in [-0.2, -0.15) is 0 Å². The first-order valence-electron chi connectivity index (χ1n) is 6.82. The van der Waals surface area contributed by atoms with Crippen molar-refractivity contribution in [2.24, 2.45) is 0 Å². The van der Waals surface area contributed by atoms with Crippen LogP contribution in [0.5, 0.6) is 0 Å². The van der Waals surface area contributed by atoms with Crippen molar-refractivity contribution in [3.63, 3.8) is 0 Å². The van der Waals surface area contributed by atoms with E-state index in [-0.39, 0.29) is 0 Å². The van der Waals surface area contributed by atoms with Gasteiger partial charge in [-0.1, -0.05) is 18.5 Å². The summed E-state index contributed by atoms with van der Waals surface area (Å²) in [6.45, 7) is 4.08. The van der Waals surface area contributed by atoms with Crippen LogP contribution in [0.3, 0.4) is 0 Å². The summed E-state index contributed by atoms with van der Waals surface area (Å²) in [5.74, 6) is 2.37. The molecule has 0 fully saturated rings. The highest BCUT2D eigenvalue weighted by molar-refractivity contribution is 9.10. The zero-order chi connectivity index (χ0) is 15.4. The summed E-state index contributed by atoms with van der Waals surface area (Å²) in [5, 5.41) is 7.07. The van der Waals surface area contributed by atoms with E-state index in [1.54, 1.807) is 0 Å². The molecule has 0 bridgehead atoms. The van der Waals surface area contributed by atoms with Gasteiger partial charge >= 0.3 is 0 Å². The minimum atomic E-state index is 0.720. The number of anilines is 3. The molecule has 0 aliphatic rings. The van der Waals surface area contributed by atoms with E-state index in [0.717, 1.165) is 51.0 Å². The maximum absolute atomic E-state index is 6.19. The number of aryl methyl sites for hydroxylation is 2. The predicted octanol–water partition coefficient (Wildman–Crippen LogP) is 4.94. The van der Waals surface area contributed by atoms with Crippen LogP contribution >= 0.6 is 27.5 Å². The molecule has 0 saturated carbocycles. The van der Waals surface area contributed by atoms with E-state index in [9.17, 15) is 0 Å². The van der Waals surface area contributed by atoms with Gasteiger partial charge in [0.1, 0.15) is 17.5 Å². The van der Waals surface area contributed by atoms with E-state index >= 15 is 0 Å². The number of benzene rings is 1. The predicted molar refractivity (Wildman–Crippen MR) is 92.7 cm³/mol. The Morgan fingerprint density at radius 1 is 1.19 bits per heavy atom. The summed E-state index contributed by atoms with van der Waals surface area (Å²) in [6.07, 6.45) is 1.85. The molecule has 1 aromatic carbocycles. The number of halogens is 2. The molecule has 2 N–H and O–H groups in total. The van der Waals surface area contributed by atoms with E-state index in [0.29, 0.717) is 0 Å². The lowest BCUT2D eigenvalue weighted by molar-refractivity contribution is 0.838. The maximum Gasteiger partial charge on any atom is 0.136 e. The van der Waals surface area contributed by atoms with Crippen LogP contribution in [0.4, 0.5) is 17.3 Å². The van der Waals surface area contributed by atoms with Gasteiger partial charge in [-0.05, 0) is 47.0 Å². The molecule has 2 rings (SSSR count). The zero-order valence-electron chi connectivity index (χ0n) is 12.3. The highest BCUT2D eigenvalue weighted by atomic mass is 79.9. The summed E-state index contributed by atoms with van der Waals surface area (Å²) in [6, 6.07) is 5.75. The van der Waals surface area contributed by atoms with Crippen LogP contribution in [0.2, 0.25) is 5.02 Å². The smallest absolute Gasteiger partial charge is 0.136 e. The van der Waals surface area contributed by atoms with Crippen molar-refractivity contribution in [2.45, 2.75) is 26.7 Å². The van der Waals surface area contributed by atoms with Gasteiger partial charge in [0, 0.05) is 29.0 Å². The van der Waals surface area contributed by atoms with E-state index in [4.69, 9.17) is 11.6 Å². The molecule has 0 saturated heterocycles. The lowest BCUT2D eigenvalue weighted by Crippen LogP contribution is -2.04. The Morgan fingerprint density at radius 2 is 1.90 bits per heavy atom. The second-order valence-electron chi connectivity index (χ2n) is 4.76. The lowest BCUT2D eigenvalue weighted by atomic mass is 10.2. The third kappa shape index (κ3) is 4.08. The molecule has 4 nitrogen and oxygen atoms in total. The average Bonchev–Trinajstić information content (AvgIpc) is 2.45. The topological polar surface area (TPSA) is 49.8 Å². The van der Waals surface area contributed by atoms with Crippen LogP contribution in [0.25, 0.3) is 0 Å². The number of hydrogen-bond donors (Lipinski definition) is 2. The fraction of sp³-hybridized carbons (Fsp3) is 0.333. The normalized spacial score (nSPS) is 10.5. The van der Waals surface area contributed by atoms with Crippen LogP contribution in [0, 0.1) is 6.92 Å². The second-order valence-corrected chi connectivity index (χ2v) is 6.02. The van der Waals surface area contributed by atoms with E-state index in [1.807, 2.05) is 32.2 Å². The Balaban J connectivity index is 2.34. The van der Waals surface area contributed by atoms with Crippen molar-refractivity contribution < 1.29 is 0 Å². The minimum absolute atomic E-state index is 0.720. The van der Waals surface area contributed by atoms with Crippen LogP contribution in [-0.4, -0.2) is 17.0 Å². The molecule has 112 valence electrons. The Labute approximate surface area is 138 Å². The number of rotatable bonds is 5. The summed E-state index contributed by atoms with van der Waals surface area (Å²) in [7, 11) is 1.85. The summed E-state index contributed by atoms with van der Waals surface area (Å²) >= 11 is 9.73. The molecule has 0 atom stereocenters. The molecule has 0 aliphatic carbocycles. The molecule has 0 aliphatic heterocycles. The Morgan fingerprint density at radius 3 is 2.57 bits per heavy atom. The molecule has 21 heavy (non-hydrogen) atoms. The first kappa shape index (κ1) is 16.0. The van der Waals surface area contributed by atoms with Crippen molar-refractivity contribution in [2.75, 3.05) is 17.7 Å². The van der Waals surface area contributed by atoms with Gasteiger partial charge in [-0.3, -0.25) is 0 Å². The number of hydrogen-bond acceptors (Lipinski definition) is 4. The molecule has 1 aromatic heterocycles. The molecule has 6 heteroatoms. The number of nitrogens with one attached hydrogen (secondary N) is 2. The largest absolute Gasteiger partial charge is 0.373 e. The van der Waals surface area contributed by atoms with E-state index in [1.165, 1.54) is 0 Å². The standard InChI is InChI=1S/C15H18BrClN4/c1-4-5-13-20-14(18-3)8-15(21-13)19-12-7-11(17)9(2)6-10(12)16/h6-8H,4-5H2,1-3H3,(H2,18,19,20,21). The minimum Gasteiger partial charge on any atom is -0.373 e. The third-order valence-electron chi connectivity index (χ3n) is 3.01. The first-order chi connectivity index (χ1) is 10.0. The average molecular weight is 370 g/mol. The lowest BCUT2D eigenvalue weighted by Gasteiger charge is -2.12. The zero-order valence-corrected chi connectivity index (χ0v) is 14.6. The van der Waals surface area contributed by atoms with E-state index in [2.05, 4.69) is 43.5 Å². The SMILES string of the molecule is CCCc1nc(NC)cc(Nc2cc(Cl)c(C)cc2Br)n1. The first-order valence-corrected chi connectivity index (χ1v) is 7.99. The van der Waals surface area contributed by atoms with Gasteiger partial charge in [0.15, 0.2) is 0 Å². The monoisotopic (exact) mass is 368 g/mol. The van der Waals surface area contributed by atoms with Gasteiger partial charge in [-0.15, -0.1) is 0 Å². The fourth-order valence-electron chi connectivity index (χ4n) is 1.90. The number of aromatic nitrogens is 2.